The fourth-order valence-electron chi connectivity index (χ4n) is 3.43. The molecule has 3 nitrogen and oxygen atoms in total. The molecule has 0 saturated carbocycles. The lowest BCUT2D eigenvalue weighted by Crippen LogP contribution is -2.13. The third kappa shape index (κ3) is 1.48. The first kappa shape index (κ1) is 12.2. The van der Waals surface area contributed by atoms with E-state index in [-0.39, 0.29) is 0 Å². The van der Waals surface area contributed by atoms with Crippen LogP contribution in [0.3, 0.4) is 0 Å². The van der Waals surface area contributed by atoms with Gasteiger partial charge in [0.1, 0.15) is 5.82 Å². The average molecular weight is 330 g/mol. The minimum absolute atomic E-state index is 0.984. The van der Waals surface area contributed by atoms with Crippen molar-refractivity contribution in [3.8, 4) is 11.4 Å². The minimum atomic E-state index is 0.984. The van der Waals surface area contributed by atoms with E-state index in [0.29, 0.717) is 0 Å². The molecule has 0 unspecified atom stereocenters. The molecule has 1 aromatic carbocycles. The highest BCUT2D eigenvalue weighted by Crippen LogP contribution is 2.38. The van der Waals surface area contributed by atoms with E-state index in [0.717, 1.165) is 29.8 Å². The summed E-state index contributed by atoms with van der Waals surface area (Å²) >= 11 is 3.60. The van der Waals surface area contributed by atoms with Gasteiger partial charge in [-0.25, -0.2) is 4.98 Å². The standard InChI is InChI=1S/C16H16BrN3/c1-3-19-14-5-4-11(17)8-13(14)12-6-7-20-10(2)18-9-15(20)16(12)19/h4-5,8-9H,3,6-7H2,1-2H3. The molecule has 2 aromatic heterocycles. The topological polar surface area (TPSA) is 22.8 Å². The molecule has 0 radical (unpaired) electrons. The van der Waals surface area contributed by atoms with Gasteiger partial charge < -0.3 is 9.13 Å². The van der Waals surface area contributed by atoms with Gasteiger partial charge in [-0.05, 0) is 44.0 Å². The lowest BCUT2D eigenvalue weighted by molar-refractivity contribution is 0.652. The molecular formula is C16H16BrN3. The fourth-order valence-corrected chi connectivity index (χ4v) is 3.79. The molecule has 0 aliphatic carbocycles. The molecule has 1 aliphatic heterocycles. The SMILES string of the molecule is CCn1c2c(c3cc(Br)ccc31)CCn1c-2cnc1C. The van der Waals surface area contributed by atoms with Crippen molar-refractivity contribution in [1.29, 1.82) is 0 Å². The Hall–Kier alpha value is -1.55. The van der Waals surface area contributed by atoms with Crippen LogP contribution in [0.25, 0.3) is 22.3 Å². The minimum Gasteiger partial charge on any atom is -0.339 e. The summed E-state index contributed by atoms with van der Waals surface area (Å²) in [5, 5.41) is 1.38. The molecule has 0 atom stereocenters. The van der Waals surface area contributed by atoms with Gasteiger partial charge in [-0.1, -0.05) is 15.9 Å². The largest absolute Gasteiger partial charge is 0.339 e. The molecule has 3 aromatic rings. The van der Waals surface area contributed by atoms with Gasteiger partial charge in [0.15, 0.2) is 0 Å². The number of aromatic nitrogens is 3. The van der Waals surface area contributed by atoms with Crippen LogP contribution in [0.1, 0.15) is 18.3 Å². The van der Waals surface area contributed by atoms with Gasteiger partial charge >= 0.3 is 0 Å². The third-order valence-corrected chi connectivity index (χ3v) is 4.82. The number of hydrogen-bond donors (Lipinski definition) is 0. The second-order valence-corrected chi connectivity index (χ2v) is 6.24. The second-order valence-electron chi connectivity index (χ2n) is 5.33. The number of nitrogens with zero attached hydrogens (tertiary/aromatic N) is 3. The van der Waals surface area contributed by atoms with Crippen molar-refractivity contribution in [2.24, 2.45) is 0 Å². The summed E-state index contributed by atoms with van der Waals surface area (Å²) in [5.41, 5.74) is 5.41. The molecule has 102 valence electrons. The smallest absolute Gasteiger partial charge is 0.106 e. The third-order valence-electron chi connectivity index (χ3n) is 4.33. The highest BCUT2D eigenvalue weighted by molar-refractivity contribution is 9.10. The summed E-state index contributed by atoms with van der Waals surface area (Å²) in [6.45, 7) is 6.31. The molecule has 1 aliphatic rings. The molecule has 3 heterocycles. The zero-order valence-corrected chi connectivity index (χ0v) is 13.2. The van der Waals surface area contributed by atoms with Crippen molar-refractivity contribution in [3.63, 3.8) is 0 Å². The van der Waals surface area contributed by atoms with E-state index in [1.807, 2.05) is 6.20 Å². The lowest BCUT2D eigenvalue weighted by Gasteiger charge is -2.19. The quantitative estimate of drug-likeness (QED) is 0.657. The summed E-state index contributed by atoms with van der Waals surface area (Å²) in [6, 6.07) is 6.59. The molecule has 0 amide bonds. The van der Waals surface area contributed by atoms with Crippen molar-refractivity contribution in [3.05, 3.63) is 40.3 Å². The van der Waals surface area contributed by atoms with Gasteiger partial charge in [0.05, 0.1) is 17.6 Å². The number of aryl methyl sites for hydroxylation is 3. The summed E-state index contributed by atoms with van der Waals surface area (Å²) in [7, 11) is 0. The monoisotopic (exact) mass is 329 g/mol. The molecule has 20 heavy (non-hydrogen) atoms. The Morgan fingerprint density at radius 1 is 1.35 bits per heavy atom. The molecule has 0 fully saturated rings. The summed E-state index contributed by atoms with van der Waals surface area (Å²) in [4.78, 5) is 4.50. The van der Waals surface area contributed by atoms with Crippen molar-refractivity contribution in [1.82, 2.24) is 14.1 Å². The Morgan fingerprint density at radius 2 is 2.20 bits per heavy atom. The van der Waals surface area contributed by atoms with Crippen LogP contribution >= 0.6 is 15.9 Å². The van der Waals surface area contributed by atoms with Crippen molar-refractivity contribution in [2.45, 2.75) is 33.4 Å². The van der Waals surface area contributed by atoms with Crippen LogP contribution in [0.5, 0.6) is 0 Å². The fraction of sp³-hybridized carbons (Fsp3) is 0.312. The molecule has 0 N–H and O–H groups in total. The van der Waals surface area contributed by atoms with Crippen molar-refractivity contribution in [2.75, 3.05) is 0 Å². The summed E-state index contributed by atoms with van der Waals surface area (Å²) < 4.78 is 5.90. The van der Waals surface area contributed by atoms with Crippen LogP contribution in [0.2, 0.25) is 0 Å². The number of halogens is 1. The maximum atomic E-state index is 4.50. The normalized spacial score (nSPS) is 13.6. The average Bonchev–Trinajstić information content (AvgIpc) is 2.97. The highest BCUT2D eigenvalue weighted by atomic mass is 79.9. The van der Waals surface area contributed by atoms with Crippen molar-refractivity contribution < 1.29 is 0 Å². The van der Waals surface area contributed by atoms with E-state index >= 15 is 0 Å². The summed E-state index contributed by atoms with van der Waals surface area (Å²) in [5.74, 6) is 1.11. The first-order valence-electron chi connectivity index (χ1n) is 7.04. The van der Waals surface area contributed by atoms with Crippen LogP contribution in [0.4, 0.5) is 0 Å². The Kier molecular flexibility index (Phi) is 2.58. The van der Waals surface area contributed by atoms with Crippen LogP contribution in [-0.2, 0) is 19.5 Å². The number of imidazole rings is 1. The zero-order valence-electron chi connectivity index (χ0n) is 11.7. The molecule has 0 saturated heterocycles. The Labute approximate surface area is 126 Å². The molecule has 0 spiro atoms. The Bertz CT molecular complexity index is 826. The van der Waals surface area contributed by atoms with Gasteiger partial charge in [-0.15, -0.1) is 0 Å². The van der Waals surface area contributed by atoms with E-state index in [9.17, 15) is 0 Å². The number of benzene rings is 1. The van der Waals surface area contributed by atoms with Crippen LogP contribution in [-0.4, -0.2) is 14.1 Å². The number of rotatable bonds is 1. The Morgan fingerprint density at radius 3 is 3.00 bits per heavy atom. The Balaban J connectivity index is 2.14. The lowest BCUT2D eigenvalue weighted by atomic mass is 10.0. The van der Waals surface area contributed by atoms with Gasteiger partial charge in [-0.2, -0.15) is 0 Å². The van der Waals surface area contributed by atoms with Crippen LogP contribution in [0, 0.1) is 6.92 Å². The first-order valence-corrected chi connectivity index (χ1v) is 7.83. The van der Waals surface area contributed by atoms with E-state index in [2.05, 4.69) is 62.1 Å². The van der Waals surface area contributed by atoms with Crippen LogP contribution < -0.4 is 0 Å². The second kappa shape index (κ2) is 4.22. The van der Waals surface area contributed by atoms with Gasteiger partial charge in [0.25, 0.3) is 0 Å². The maximum absolute atomic E-state index is 4.50. The summed E-state index contributed by atoms with van der Waals surface area (Å²) in [6.07, 6.45) is 3.10. The van der Waals surface area contributed by atoms with Gasteiger partial charge in [0.2, 0.25) is 0 Å². The molecule has 4 rings (SSSR count). The number of hydrogen-bond acceptors (Lipinski definition) is 1. The predicted molar refractivity (Wildman–Crippen MR) is 85.0 cm³/mol. The van der Waals surface area contributed by atoms with Gasteiger partial charge in [-0.3, -0.25) is 0 Å². The van der Waals surface area contributed by atoms with Crippen LogP contribution in [0.15, 0.2) is 28.9 Å². The van der Waals surface area contributed by atoms with Gasteiger partial charge in [0, 0.05) is 28.5 Å². The molecule has 4 heteroatoms. The van der Waals surface area contributed by atoms with Crippen molar-refractivity contribution >= 4 is 26.8 Å². The van der Waals surface area contributed by atoms with E-state index in [4.69, 9.17) is 0 Å². The maximum Gasteiger partial charge on any atom is 0.106 e. The van der Waals surface area contributed by atoms with E-state index in [1.165, 1.54) is 27.9 Å². The zero-order chi connectivity index (χ0) is 13.9. The van der Waals surface area contributed by atoms with E-state index in [1.54, 1.807) is 0 Å². The number of fused-ring (bicyclic) bond motifs is 5. The molecule has 0 bridgehead atoms. The van der Waals surface area contributed by atoms with E-state index < -0.39 is 0 Å². The predicted octanol–water partition coefficient (Wildman–Crippen LogP) is 4.15. The first-order chi connectivity index (χ1) is 9.70. The molecular weight excluding hydrogens is 314 g/mol. The highest BCUT2D eigenvalue weighted by Gasteiger charge is 2.25.